The predicted octanol–water partition coefficient (Wildman–Crippen LogP) is 5.66. The van der Waals surface area contributed by atoms with Crippen molar-refractivity contribution in [2.24, 2.45) is 10.9 Å². The van der Waals surface area contributed by atoms with Crippen molar-refractivity contribution in [3.05, 3.63) is 82.9 Å². The first-order chi connectivity index (χ1) is 16.6. The molecule has 0 fully saturated rings. The Morgan fingerprint density at radius 1 is 1.20 bits per heavy atom. The average Bonchev–Trinajstić information content (AvgIpc) is 3.12. The second kappa shape index (κ2) is 9.66. The number of aromatic nitrogens is 3. The molecule has 35 heavy (non-hydrogen) atoms. The van der Waals surface area contributed by atoms with E-state index in [-0.39, 0.29) is 5.97 Å². The van der Waals surface area contributed by atoms with E-state index in [2.05, 4.69) is 16.8 Å². The number of aliphatic imine (C=N–C) groups is 1. The number of benzene rings is 2. The normalized spacial score (nSPS) is 15.8. The molecule has 182 valence electrons. The van der Waals surface area contributed by atoms with Gasteiger partial charge in [0.15, 0.2) is 5.82 Å². The van der Waals surface area contributed by atoms with Gasteiger partial charge in [0, 0.05) is 16.1 Å². The van der Waals surface area contributed by atoms with Gasteiger partial charge in [-0.05, 0) is 64.4 Å². The van der Waals surface area contributed by atoms with Gasteiger partial charge in [0.25, 0.3) is 0 Å². The van der Waals surface area contributed by atoms with Crippen LogP contribution in [0, 0.1) is 12.8 Å². The molecule has 0 spiro atoms. The highest BCUT2D eigenvalue weighted by Crippen LogP contribution is 2.38. The van der Waals surface area contributed by atoms with Crippen LogP contribution in [0.25, 0.3) is 5.69 Å². The van der Waals surface area contributed by atoms with Crippen molar-refractivity contribution >= 4 is 23.3 Å². The maximum absolute atomic E-state index is 13.4. The van der Waals surface area contributed by atoms with Gasteiger partial charge >= 0.3 is 5.97 Å². The molecule has 0 saturated heterocycles. The molecule has 8 heteroatoms. The molecule has 0 N–H and O–H groups in total. The summed E-state index contributed by atoms with van der Waals surface area (Å²) in [6.45, 7) is 11.3. The molecular weight excluding hydrogens is 464 g/mol. The molecule has 0 saturated carbocycles. The molecule has 3 aromatic rings. The SMILES string of the molecule is C=CC[C@@H](C(=O)OC(C)(C)C)[C@@H]1N=C(c2ccc(Cl)cc2)c2cc(OC)ccc2-n2c(C)nnc21. The monoisotopic (exact) mass is 492 g/mol. The van der Waals surface area contributed by atoms with Gasteiger partial charge in [-0.25, -0.2) is 0 Å². The fraction of sp³-hybridized carbons (Fsp3) is 0.333. The Bertz CT molecular complexity index is 1290. The maximum atomic E-state index is 13.4. The molecule has 0 aliphatic carbocycles. The van der Waals surface area contributed by atoms with E-state index in [4.69, 9.17) is 26.1 Å². The van der Waals surface area contributed by atoms with E-state index < -0.39 is 17.6 Å². The van der Waals surface area contributed by atoms with Crippen LogP contribution in [-0.4, -0.2) is 39.2 Å². The summed E-state index contributed by atoms with van der Waals surface area (Å²) in [6.07, 6.45) is 2.07. The molecule has 1 aliphatic heterocycles. The number of carbonyl (C=O) groups excluding carboxylic acids is 1. The van der Waals surface area contributed by atoms with Crippen molar-refractivity contribution in [1.82, 2.24) is 14.8 Å². The van der Waals surface area contributed by atoms with Crippen molar-refractivity contribution in [2.75, 3.05) is 7.11 Å². The quantitative estimate of drug-likeness (QED) is 0.327. The number of carbonyl (C=O) groups is 1. The van der Waals surface area contributed by atoms with Crippen LogP contribution in [0.5, 0.6) is 5.75 Å². The van der Waals surface area contributed by atoms with Crippen LogP contribution in [0.1, 0.15) is 56.0 Å². The predicted molar refractivity (Wildman–Crippen MR) is 137 cm³/mol. The van der Waals surface area contributed by atoms with Crippen molar-refractivity contribution < 1.29 is 14.3 Å². The summed E-state index contributed by atoms with van der Waals surface area (Å²) in [5.41, 5.74) is 2.58. The highest BCUT2D eigenvalue weighted by atomic mass is 35.5. The minimum absolute atomic E-state index is 0.364. The van der Waals surface area contributed by atoms with Crippen LogP contribution in [0.2, 0.25) is 5.02 Å². The second-order valence-corrected chi connectivity index (χ2v) is 9.85. The third-order valence-corrected chi connectivity index (χ3v) is 5.96. The number of aryl methyl sites for hydroxylation is 1. The Kier molecular flexibility index (Phi) is 6.81. The Labute approximate surface area is 210 Å². The van der Waals surface area contributed by atoms with Crippen LogP contribution >= 0.6 is 11.6 Å². The number of nitrogens with zero attached hydrogens (tertiary/aromatic N) is 4. The zero-order valence-corrected chi connectivity index (χ0v) is 21.3. The largest absolute Gasteiger partial charge is 0.497 e. The molecule has 0 bridgehead atoms. The summed E-state index contributed by atoms with van der Waals surface area (Å²) in [5, 5.41) is 9.43. The van der Waals surface area contributed by atoms with Crippen LogP contribution in [0.15, 0.2) is 60.1 Å². The maximum Gasteiger partial charge on any atom is 0.312 e. The number of hydrogen-bond acceptors (Lipinski definition) is 6. The van der Waals surface area contributed by atoms with Gasteiger partial charge < -0.3 is 9.47 Å². The Morgan fingerprint density at radius 2 is 1.91 bits per heavy atom. The Morgan fingerprint density at radius 3 is 2.54 bits per heavy atom. The number of hydrogen-bond donors (Lipinski definition) is 0. The summed E-state index contributed by atoms with van der Waals surface area (Å²) >= 11 is 6.18. The molecule has 2 aromatic carbocycles. The van der Waals surface area contributed by atoms with Gasteiger partial charge in [0.1, 0.15) is 23.2 Å². The highest BCUT2D eigenvalue weighted by Gasteiger charge is 2.38. The summed E-state index contributed by atoms with van der Waals surface area (Å²) in [6, 6.07) is 12.6. The number of rotatable bonds is 6. The molecule has 1 aromatic heterocycles. The summed E-state index contributed by atoms with van der Waals surface area (Å²) in [5.74, 6) is 0.928. The van der Waals surface area contributed by atoms with E-state index in [1.54, 1.807) is 13.2 Å². The molecular formula is C27H29ClN4O3. The van der Waals surface area contributed by atoms with Crippen LogP contribution in [-0.2, 0) is 9.53 Å². The first-order valence-corrected chi connectivity index (χ1v) is 11.8. The summed E-state index contributed by atoms with van der Waals surface area (Å²) in [7, 11) is 1.62. The van der Waals surface area contributed by atoms with Crippen molar-refractivity contribution in [2.45, 2.75) is 45.8 Å². The number of fused-ring (bicyclic) bond motifs is 3. The fourth-order valence-corrected chi connectivity index (χ4v) is 4.31. The standard InChI is InChI=1S/C27H29ClN4O3/c1-7-8-20(26(33)35-27(3,4)5)24-25-31-30-16(2)32(25)22-14-13-19(34-6)15-21(22)23(29-24)17-9-11-18(28)12-10-17/h7,9-15,20,24H,1,8H2,2-6H3/t20-,24+/m1/s1. The highest BCUT2D eigenvalue weighted by molar-refractivity contribution is 6.30. The van der Waals surface area contributed by atoms with E-state index in [1.165, 1.54) is 0 Å². The molecule has 0 amide bonds. The minimum atomic E-state index is -0.659. The van der Waals surface area contributed by atoms with Crippen LogP contribution < -0.4 is 4.74 Å². The number of allylic oxidation sites excluding steroid dienone is 1. The summed E-state index contributed by atoms with van der Waals surface area (Å²) < 4.78 is 13.3. The molecule has 2 heterocycles. The second-order valence-electron chi connectivity index (χ2n) is 9.42. The van der Waals surface area contributed by atoms with Gasteiger partial charge in [-0.15, -0.1) is 16.8 Å². The smallest absolute Gasteiger partial charge is 0.312 e. The average molecular weight is 493 g/mol. The van der Waals surface area contributed by atoms with Crippen molar-refractivity contribution in [1.29, 1.82) is 0 Å². The van der Waals surface area contributed by atoms with E-state index in [0.29, 0.717) is 34.6 Å². The Balaban J connectivity index is 2.00. The van der Waals surface area contributed by atoms with Gasteiger partial charge in [-0.2, -0.15) is 0 Å². The third kappa shape index (κ3) is 5.00. The topological polar surface area (TPSA) is 78.6 Å². The lowest BCUT2D eigenvalue weighted by molar-refractivity contribution is -0.160. The minimum Gasteiger partial charge on any atom is -0.497 e. The zero-order chi connectivity index (χ0) is 25.3. The van der Waals surface area contributed by atoms with E-state index in [1.807, 2.05) is 74.7 Å². The van der Waals surface area contributed by atoms with E-state index in [0.717, 1.165) is 16.8 Å². The van der Waals surface area contributed by atoms with E-state index in [9.17, 15) is 4.79 Å². The number of ether oxygens (including phenoxy) is 2. The first kappa shape index (κ1) is 24.7. The fourth-order valence-electron chi connectivity index (χ4n) is 4.18. The lowest BCUT2D eigenvalue weighted by Crippen LogP contribution is -2.32. The third-order valence-electron chi connectivity index (χ3n) is 5.71. The Hall–Kier alpha value is -3.45. The summed E-state index contributed by atoms with van der Waals surface area (Å²) in [4.78, 5) is 18.6. The first-order valence-electron chi connectivity index (χ1n) is 11.4. The molecule has 0 unspecified atom stereocenters. The van der Waals surface area contributed by atoms with E-state index >= 15 is 0 Å². The van der Waals surface area contributed by atoms with Crippen molar-refractivity contribution in [3.63, 3.8) is 0 Å². The molecule has 7 nitrogen and oxygen atoms in total. The van der Waals surface area contributed by atoms with Gasteiger partial charge in [-0.1, -0.05) is 29.8 Å². The van der Waals surface area contributed by atoms with Crippen LogP contribution in [0.3, 0.4) is 0 Å². The zero-order valence-electron chi connectivity index (χ0n) is 20.6. The van der Waals surface area contributed by atoms with Gasteiger partial charge in [-0.3, -0.25) is 14.4 Å². The van der Waals surface area contributed by atoms with Crippen LogP contribution in [0.4, 0.5) is 0 Å². The molecule has 1 aliphatic rings. The molecule has 4 rings (SSSR count). The van der Waals surface area contributed by atoms with Gasteiger partial charge in [0.05, 0.1) is 24.4 Å². The van der Waals surface area contributed by atoms with Crippen molar-refractivity contribution in [3.8, 4) is 11.4 Å². The lowest BCUT2D eigenvalue weighted by Gasteiger charge is -2.26. The lowest BCUT2D eigenvalue weighted by atomic mass is 9.94. The van der Waals surface area contributed by atoms with Gasteiger partial charge in [0.2, 0.25) is 0 Å². The number of esters is 1. The molecule has 0 radical (unpaired) electrons. The number of halogens is 1. The molecule has 2 atom stereocenters. The number of methoxy groups -OCH3 is 1.